The monoisotopic (exact) mass is 745 g/mol. The van der Waals surface area contributed by atoms with Gasteiger partial charge in [0.2, 0.25) is 0 Å². The smallest absolute Gasteiger partial charge is 0.164 e. The molecule has 3 heterocycles. The van der Waals surface area contributed by atoms with E-state index in [1.807, 2.05) is 30.3 Å². The van der Waals surface area contributed by atoms with Crippen LogP contribution in [0, 0.1) is 0 Å². The first-order valence-electron chi connectivity index (χ1n) is 19.2. The van der Waals surface area contributed by atoms with E-state index in [-0.39, 0.29) is 0 Å². The molecule has 1 aliphatic heterocycles. The largest absolute Gasteiger partial charge is 0.457 e. The van der Waals surface area contributed by atoms with Crippen molar-refractivity contribution in [1.29, 1.82) is 0 Å². The predicted molar refractivity (Wildman–Crippen MR) is 232 cm³/mol. The maximum Gasteiger partial charge on any atom is 0.164 e. The van der Waals surface area contributed by atoms with Crippen LogP contribution in [-0.2, 0) is 5.41 Å². The van der Waals surface area contributed by atoms with Gasteiger partial charge in [-0.1, -0.05) is 158 Å². The van der Waals surface area contributed by atoms with Crippen LogP contribution in [0.2, 0.25) is 0 Å². The maximum absolute atomic E-state index is 6.84. The molecule has 12 rings (SSSR count). The number of nitrogens with zero attached hydrogens (tertiary/aromatic N) is 3. The second-order valence-corrected chi connectivity index (χ2v) is 15.6. The van der Waals surface area contributed by atoms with Gasteiger partial charge in [0.05, 0.1) is 5.41 Å². The van der Waals surface area contributed by atoms with Gasteiger partial charge in [0.1, 0.15) is 11.5 Å². The highest BCUT2D eigenvalue weighted by atomic mass is 32.1. The fourth-order valence-corrected chi connectivity index (χ4v) is 9.99. The molecule has 0 saturated carbocycles. The number of para-hydroxylation sites is 1. The molecule has 2 aromatic heterocycles. The molecule has 1 spiro atoms. The molecule has 0 fully saturated rings. The number of hydrogen-bond acceptors (Lipinski definition) is 5. The Balaban J connectivity index is 0.982. The Bertz CT molecular complexity index is 3220. The average molecular weight is 746 g/mol. The van der Waals surface area contributed by atoms with Crippen molar-refractivity contribution >= 4 is 32.2 Å². The Morgan fingerprint density at radius 1 is 0.404 bits per heavy atom. The molecule has 0 radical (unpaired) electrons. The Labute approximate surface area is 333 Å². The molecule has 1 atom stereocenters. The van der Waals surface area contributed by atoms with Crippen molar-refractivity contribution in [3.05, 3.63) is 210 Å². The van der Waals surface area contributed by atoms with E-state index in [1.54, 1.807) is 11.3 Å². The van der Waals surface area contributed by atoms with Gasteiger partial charge < -0.3 is 4.74 Å². The molecule has 10 aromatic rings. The van der Waals surface area contributed by atoms with Crippen LogP contribution < -0.4 is 4.74 Å². The van der Waals surface area contributed by atoms with E-state index in [9.17, 15) is 0 Å². The molecule has 0 saturated heterocycles. The molecule has 0 amide bonds. The lowest BCUT2D eigenvalue weighted by molar-refractivity contribution is 0.436. The normalized spacial score (nSPS) is 14.9. The number of fused-ring (bicyclic) bond motifs is 12. The van der Waals surface area contributed by atoms with Crippen LogP contribution in [0.1, 0.15) is 22.3 Å². The number of hydrogen-bond donors (Lipinski definition) is 0. The van der Waals surface area contributed by atoms with Crippen molar-refractivity contribution in [3.8, 4) is 67.9 Å². The first kappa shape index (κ1) is 32.1. The lowest BCUT2D eigenvalue weighted by atomic mass is 9.66. The number of benzene rings is 8. The zero-order valence-electron chi connectivity index (χ0n) is 30.6. The van der Waals surface area contributed by atoms with E-state index in [1.165, 1.54) is 37.9 Å². The van der Waals surface area contributed by atoms with Gasteiger partial charge in [-0.15, -0.1) is 11.3 Å². The standard InChI is InChI=1S/C52H31N3OS/c1-2-12-34(13-3-1)49-53-50(55-51(54-49)38-17-10-14-33-11-4-5-15-37(33)38)35-23-21-32(22-24-35)36-25-26-43-46(31-36)56-45-20-9-8-19-42(45)52(43)41-18-7-6-16-39(41)48-40-29-30-57-47(40)28-27-44(48)52/h1-31H. The van der Waals surface area contributed by atoms with Gasteiger partial charge in [0.25, 0.3) is 0 Å². The summed E-state index contributed by atoms with van der Waals surface area (Å²) in [6.07, 6.45) is 0. The molecule has 57 heavy (non-hydrogen) atoms. The minimum atomic E-state index is -0.508. The second-order valence-electron chi connectivity index (χ2n) is 14.7. The fraction of sp³-hybridized carbons (Fsp3) is 0.0192. The van der Waals surface area contributed by atoms with E-state index in [2.05, 4.69) is 157 Å². The van der Waals surface area contributed by atoms with Crippen LogP contribution in [0.5, 0.6) is 11.5 Å². The van der Waals surface area contributed by atoms with Gasteiger partial charge in [0.15, 0.2) is 17.5 Å². The van der Waals surface area contributed by atoms with Crippen LogP contribution in [0.25, 0.3) is 77.3 Å². The van der Waals surface area contributed by atoms with Gasteiger partial charge in [-0.05, 0) is 73.8 Å². The van der Waals surface area contributed by atoms with E-state index >= 15 is 0 Å². The lowest BCUT2D eigenvalue weighted by Gasteiger charge is -2.39. The molecular weight excluding hydrogens is 715 g/mol. The Morgan fingerprint density at radius 2 is 1.04 bits per heavy atom. The van der Waals surface area contributed by atoms with Crippen LogP contribution in [-0.4, -0.2) is 15.0 Å². The van der Waals surface area contributed by atoms with E-state index in [4.69, 9.17) is 19.7 Å². The number of rotatable bonds is 4. The Hall–Kier alpha value is -7.21. The quantitative estimate of drug-likeness (QED) is 0.180. The molecule has 0 bridgehead atoms. The summed E-state index contributed by atoms with van der Waals surface area (Å²) in [7, 11) is 0. The van der Waals surface area contributed by atoms with Crippen LogP contribution in [0.15, 0.2) is 187 Å². The second kappa shape index (κ2) is 12.4. The molecule has 0 N–H and O–H groups in total. The molecule has 266 valence electrons. The summed E-state index contributed by atoms with van der Waals surface area (Å²) in [6.45, 7) is 0. The molecule has 1 unspecified atom stereocenters. The number of aromatic nitrogens is 3. The summed E-state index contributed by atoms with van der Waals surface area (Å²) in [6, 6.07) is 64.4. The fourth-order valence-electron chi connectivity index (χ4n) is 9.20. The molecule has 4 nitrogen and oxygen atoms in total. The van der Waals surface area contributed by atoms with Gasteiger partial charge in [0, 0.05) is 37.9 Å². The van der Waals surface area contributed by atoms with Crippen molar-refractivity contribution in [1.82, 2.24) is 15.0 Å². The van der Waals surface area contributed by atoms with Crippen molar-refractivity contribution in [2.24, 2.45) is 0 Å². The summed E-state index contributed by atoms with van der Waals surface area (Å²) >= 11 is 1.80. The SMILES string of the molecule is c1ccc(-c2nc(-c3ccc(-c4ccc5c(c4)Oc4ccccc4C54c5ccccc5-c5c4ccc4sccc54)cc3)nc(-c3cccc4ccccc34)n2)cc1. The number of ether oxygens (including phenoxy) is 1. The Kier molecular flexibility index (Phi) is 6.98. The van der Waals surface area contributed by atoms with E-state index in [0.29, 0.717) is 17.5 Å². The average Bonchev–Trinajstić information content (AvgIpc) is 3.88. The highest BCUT2D eigenvalue weighted by Crippen LogP contribution is 2.63. The number of thiophene rings is 1. The minimum absolute atomic E-state index is 0.508. The third-order valence-corrected chi connectivity index (χ3v) is 12.6. The zero-order chi connectivity index (χ0) is 37.5. The highest BCUT2D eigenvalue weighted by molar-refractivity contribution is 7.17. The third-order valence-electron chi connectivity index (χ3n) is 11.7. The predicted octanol–water partition coefficient (Wildman–Crippen LogP) is 13.4. The molecule has 8 aromatic carbocycles. The van der Waals surface area contributed by atoms with Gasteiger partial charge in [-0.2, -0.15) is 0 Å². The van der Waals surface area contributed by atoms with Gasteiger partial charge in [-0.3, -0.25) is 0 Å². The summed E-state index contributed by atoms with van der Waals surface area (Å²) in [4.78, 5) is 15.1. The zero-order valence-corrected chi connectivity index (χ0v) is 31.4. The van der Waals surface area contributed by atoms with Crippen molar-refractivity contribution in [3.63, 3.8) is 0 Å². The van der Waals surface area contributed by atoms with E-state index < -0.39 is 5.41 Å². The first-order chi connectivity index (χ1) is 28.2. The van der Waals surface area contributed by atoms with Crippen LogP contribution >= 0.6 is 11.3 Å². The summed E-state index contributed by atoms with van der Waals surface area (Å²) in [5, 5.41) is 5.76. The summed E-state index contributed by atoms with van der Waals surface area (Å²) < 4.78 is 8.14. The minimum Gasteiger partial charge on any atom is -0.457 e. The maximum atomic E-state index is 6.84. The highest BCUT2D eigenvalue weighted by Gasteiger charge is 2.51. The molecule has 2 aliphatic rings. The van der Waals surface area contributed by atoms with Crippen LogP contribution in [0.4, 0.5) is 0 Å². The van der Waals surface area contributed by atoms with Gasteiger partial charge >= 0.3 is 0 Å². The van der Waals surface area contributed by atoms with Crippen molar-refractivity contribution < 1.29 is 4.74 Å². The molecular formula is C52H31N3OS. The topological polar surface area (TPSA) is 47.9 Å². The summed E-state index contributed by atoms with van der Waals surface area (Å²) in [5.41, 5.74) is 12.0. The molecule has 5 heteroatoms. The van der Waals surface area contributed by atoms with Crippen molar-refractivity contribution in [2.45, 2.75) is 5.41 Å². The lowest BCUT2D eigenvalue weighted by Crippen LogP contribution is -2.32. The van der Waals surface area contributed by atoms with E-state index in [0.717, 1.165) is 55.7 Å². The van der Waals surface area contributed by atoms with Gasteiger partial charge in [-0.25, -0.2) is 15.0 Å². The van der Waals surface area contributed by atoms with Crippen LogP contribution in [0.3, 0.4) is 0 Å². The summed E-state index contributed by atoms with van der Waals surface area (Å²) in [5.74, 6) is 3.67. The third kappa shape index (κ3) is 4.76. The molecule has 1 aliphatic carbocycles. The first-order valence-corrected chi connectivity index (χ1v) is 20.0. The Morgan fingerprint density at radius 3 is 1.91 bits per heavy atom. The van der Waals surface area contributed by atoms with Crippen molar-refractivity contribution in [2.75, 3.05) is 0 Å².